The molecule has 2 aliphatic rings. The molecule has 1 aromatic rings. The normalized spacial score (nSPS) is 21.0. The van der Waals surface area contributed by atoms with Crippen LogP contribution >= 0.6 is 0 Å². The highest BCUT2D eigenvalue weighted by atomic mass is 16.4. The van der Waals surface area contributed by atoms with Crippen molar-refractivity contribution in [2.75, 3.05) is 6.54 Å². The molecule has 0 saturated heterocycles. The van der Waals surface area contributed by atoms with E-state index >= 15 is 0 Å². The van der Waals surface area contributed by atoms with E-state index in [1.165, 1.54) is 12.0 Å². The average molecular weight is 299 g/mol. The molecule has 0 fully saturated rings. The molecule has 0 spiro atoms. The fourth-order valence-electron chi connectivity index (χ4n) is 3.46. The van der Waals surface area contributed by atoms with Gasteiger partial charge >= 0.3 is 5.97 Å². The van der Waals surface area contributed by atoms with Crippen LogP contribution in [0.5, 0.6) is 0 Å². The third-order valence-electron chi connectivity index (χ3n) is 4.60. The van der Waals surface area contributed by atoms with Crippen LogP contribution in [0.25, 0.3) is 0 Å². The summed E-state index contributed by atoms with van der Waals surface area (Å²) in [5.74, 6) is -1.01. The van der Waals surface area contributed by atoms with Crippen LogP contribution in [0.15, 0.2) is 35.9 Å². The van der Waals surface area contributed by atoms with Crippen molar-refractivity contribution in [1.82, 2.24) is 4.90 Å². The number of carboxylic acids is 1. The molecule has 0 saturated carbocycles. The van der Waals surface area contributed by atoms with Gasteiger partial charge in [-0.25, -0.2) is 4.79 Å². The van der Waals surface area contributed by atoms with Gasteiger partial charge in [0.1, 0.15) is 0 Å². The van der Waals surface area contributed by atoms with Gasteiger partial charge in [0.2, 0.25) is 5.91 Å². The fraction of sp³-hybridized carbons (Fsp3) is 0.444. The molecule has 22 heavy (non-hydrogen) atoms. The number of carbonyl (C=O) groups is 2. The number of nitrogens with zero attached hydrogens (tertiary/aromatic N) is 1. The van der Waals surface area contributed by atoms with Crippen molar-refractivity contribution < 1.29 is 14.7 Å². The monoisotopic (exact) mass is 299 g/mol. The standard InChI is InChI=1S/C18H21NO3/c20-16(12-13-6-2-1-3-7-13)19-11-10-14-8-4-5-9-15(14)17(19)18(21)22/h4-6,8-9,17H,1-3,7,10-12H2,(H,21,22). The lowest BCUT2D eigenvalue weighted by molar-refractivity contribution is -0.151. The molecule has 0 bridgehead atoms. The highest BCUT2D eigenvalue weighted by molar-refractivity contribution is 5.86. The molecule has 3 rings (SSSR count). The van der Waals surface area contributed by atoms with Gasteiger partial charge < -0.3 is 10.0 Å². The zero-order valence-corrected chi connectivity index (χ0v) is 12.6. The third-order valence-corrected chi connectivity index (χ3v) is 4.60. The minimum Gasteiger partial charge on any atom is -0.479 e. The van der Waals surface area contributed by atoms with E-state index < -0.39 is 12.0 Å². The Bertz CT molecular complexity index is 621. The van der Waals surface area contributed by atoms with E-state index in [0.29, 0.717) is 13.0 Å². The number of aliphatic carboxylic acids is 1. The summed E-state index contributed by atoms with van der Waals surface area (Å²) in [6.07, 6.45) is 7.56. The first-order valence-corrected chi connectivity index (χ1v) is 7.95. The van der Waals surface area contributed by atoms with Gasteiger partial charge in [0, 0.05) is 13.0 Å². The molecule has 1 unspecified atom stereocenters. The third kappa shape index (κ3) is 2.91. The summed E-state index contributed by atoms with van der Waals surface area (Å²) in [6, 6.07) is 6.69. The second kappa shape index (κ2) is 6.34. The summed E-state index contributed by atoms with van der Waals surface area (Å²) < 4.78 is 0. The molecular formula is C18H21NO3. The first kappa shape index (κ1) is 14.8. The summed E-state index contributed by atoms with van der Waals surface area (Å²) in [5, 5.41) is 9.60. The largest absolute Gasteiger partial charge is 0.479 e. The molecule has 1 aliphatic carbocycles. The van der Waals surface area contributed by atoms with Gasteiger partial charge in [-0.2, -0.15) is 0 Å². The number of rotatable bonds is 3. The van der Waals surface area contributed by atoms with E-state index in [-0.39, 0.29) is 5.91 Å². The van der Waals surface area contributed by atoms with Gasteiger partial charge in [0.15, 0.2) is 6.04 Å². The maximum Gasteiger partial charge on any atom is 0.331 e. The maximum atomic E-state index is 12.6. The molecule has 4 heteroatoms. The van der Waals surface area contributed by atoms with Gasteiger partial charge in [-0.05, 0) is 43.2 Å². The van der Waals surface area contributed by atoms with E-state index in [9.17, 15) is 14.7 Å². The second-order valence-electron chi connectivity index (χ2n) is 6.06. The van der Waals surface area contributed by atoms with Crippen LogP contribution in [0.2, 0.25) is 0 Å². The summed E-state index contributed by atoms with van der Waals surface area (Å²) >= 11 is 0. The number of carboxylic acid groups (broad SMARTS) is 1. The molecule has 1 heterocycles. The first-order valence-electron chi connectivity index (χ1n) is 7.95. The zero-order chi connectivity index (χ0) is 15.5. The molecule has 1 N–H and O–H groups in total. The van der Waals surface area contributed by atoms with Crippen LogP contribution < -0.4 is 0 Å². The van der Waals surface area contributed by atoms with Crippen LogP contribution in [0.4, 0.5) is 0 Å². The van der Waals surface area contributed by atoms with Gasteiger partial charge in [0.25, 0.3) is 0 Å². The van der Waals surface area contributed by atoms with Gasteiger partial charge in [-0.15, -0.1) is 0 Å². The van der Waals surface area contributed by atoms with Crippen LogP contribution in [0.3, 0.4) is 0 Å². The SMILES string of the molecule is O=C(O)C1c2ccccc2CCN1C(=O)CC1=CCCCC1. The van der Waals surface area contributed by atoms with Crippen molar-refractivity contribution in [1.29, 1.82) is 0 Å². The van der Waals surface area contributed by atoms with Crippen LogP contribution in [-0.4, -0.2) is 28.4 Å². The Hall–Kier alpha value is -2.10. The number of amides is 1. The zero-order valence-electron chi connectivity index (χ0n) is 12.6. The van der Waals surface area contributed by atoms with Gasteiger partial charge in [-0.1, -0.05) is 35.9 Å². The van der Waals surface area contributed by atoms with Crippen LogP contribution in [0.1, 0.15) is 49.3 Å². The lowest BCUT2D eigenvalue weighted by Gasteiger charge is -2.35. The van der Waals surface area contributed by atoms with Crippen molar-refractivity contribution in [2.45, 2.75) is 44.6 Å². The number of hydrogen-bond donors (Lipinski definition) is 1. The molecule has 1 atom stereocenters. The summed E-state index contributed by atoms with van der Waals surface area (Å²) in [5.41, 5.74) is 2.96. The minimum atomic E-state index is -0.946. The molecule has 4 nitrogen and oxygen atoms in total. The highest BCUT2D eigenvalue weighted by Crippen LogP contribution is 2.31. The van der Waals surface area contributed by atoms with Crippen LogP contribution in [0, 0.1) is 0 Å². The number of fused-ring (bicyclic) bond motifs is 1. The van der Waals surface area contributed by atoms with E-state index in [1.54, 1.807) is 4.90 Å². The Labute approximate surface area is 130 Å². The lowest BCUT2D eigenvalue weighted by atomic mass is 9.91. The van der Waals surface area contributed by atoms with Gasteiger partial charge in [0.05, 0.1) is 0 Å². The van der Waals surface area contributed by atoms with Gasteiger partial charge in [-0.3, -0.25) is 4.79 Å². The second-order valence-corrected chi connectivity index (χ2v) is 6.06. The Morgan fingerprint density at radius 1 is 1.18 bits per heavy atom. The molecule has 1 aromatic carbocycles. The molecule has 0 aromatic heterocycles. The van der Waals surface area contributed by atoms with E-state index in [0.717, 1.165) is 36.8 Å². The Morgan fingerprint density at radius 2 is 2.00 bits per heavy atom. The Balaban J connectivity index is 1.82. The molecule has 0 radical (unpaired) electrons. The Kier molecular flexibility index (Phi) is 4.27. The first-order chi connectivity index (χ1) is 10.7. The van der Waals surface area contributed by atoms with Crippen molar-refractivity contribution in [3.8, 4) is 0 Å². The molecule has 116 valence electrons. The van der Waals surface area contributed by atoms with Crippen molar-refractivity contribution in [2.24, 2.45) is 0 Å². The average Bonchev–Trinajstić information content (AvgIpc) is 2.54. The van der Waals surface area contributed by atoms with E-state index in [4.69, 9.17) is 0 Å². The van der Waals surface area contributed by atoms with Crippen LogP contribution in [-0.2, 0) is 16.0 Å². The van der Waals surface area contributed by atoms with E-state index in [2.05, 4.69) is 6.08 Å². The lowest BCUT2D eigenvalue weighted by Crippen LogP contribution is -2.43. The summed E-state index contributed by atoms with van der Waals surface area (Å²) in [6.45, 7) is 0.486. The predicted octanol–water partition coefficient (Wildman–Crippen LogP) is 3.09. The topological polar surface area (TPSA) is 57.6 Å². The minimum absolute atomic E-state index is 0.0601. The molecule has 1 aliphatic heterocycles. The maximum absolute atomic E-state index is 12.6. The fourth-order valence-corrected chi connectivity index (χ4v) is 3.46. The van der Waals surface area contributed by atoms with Crippen molar-refractivity contribution in [3.63, 3.8) is 0 Å². The number of hydrogen-bond acceptors (Lipinski definition) is 2. The van der Waals surface area contributed by atoms with Crippen molar-refractivity contribution >= 4 is 11.9 Å². The highest BCUT2D eigenvalue weighted by Gasteiger charge is 2.35. The smallest absolute Gasteiger partial charge is 0.331 e. The van der Waals surface area contributed by atoms with E-state index in [1.807, 2.05) is 24.3 Å². The number of benzene rings is 1. The quantitative estimate of drug-likeness (QED) is 0.873. The number of carbonyl (C=O) groups excluding carboxylic acids is 1. The van der Waals surface area contributed by atoms with Crippen molar-refractivity contribution in [3.05, 3.63) is 47.0 Å². The summed E-state index contributed by atoms with van der Waals surface area (Å²) in [4.78, 5) is 25.9. The molecule has 1 amide bonds. The molecular weight excluding hydrogens is 278 g/mol. The summed E-state index contributed by atoms with van der Waals surface area (Å²) in [7, 11) is 0. The Morgan fingerprint density at radius 3 is 2.73 bits per heavy atom. The predicted molar refractivity (Wildman–Crippen MR) is 83.4 cm³/mol. The number of allylic oxidation sites excluding steroid dienone is 1.